The Kier molecular flexibility index (Phi) is 3.72. The molecule has 6 nitrogen and oxygen atoms in total. The van der Waals surface area contributed by atoms with Gasteiger partial charge in [-0.2, -0.15) is 0 Å². The number of rotatable bonds is 4. The number of imidazole rings is 1. The monoisotopic (exact) mass is 289 g/mol. The van der Waals surface area contributed by atoms with Crippen LogP contribution >= 0.6 is 0 Å². The zero-order valence-electron chi connectivity index (χ0n) is 12.6. The van der Waals surface area contributed by atoms with Gasteiger partial charge < -0.3 is 14.4 Å². The van der Waals surface area contributed by atoms with Crippen molar-refractivity contribution in [3.05, 3.63) is 35.8 Å². The molecule has 2 aromatic rings. The minimum absolute atomic E-state index is 0.250. The molecule has 0 aliphatic heterocycles. The summed E-state index contributed by atoms with van der Waals surface area (Å²) in [4.78, 5) is 29.6. The molecule has 0 unspecified atom stereocenters. The topological polar surface area (TPSA) is 74.9 Å². The standard InChI is InChI=1S/C15H19N3O3/c1-5-18(15(3,4)14(20)21)13(19)11-9-17-10(2)7-6-8-12(17)16-11/h6-9H,5H2,1-4H3,(H,20,21). The van der Waals surface area contributed by atoms with Gasteiger partial charge in [0.25, 0.3) is 5.91 Å². The van der Waals surface area contributed by atoms with Crippen LogP contribution in [0.25, 0.3) is 5.65 Å². The zero-order valence-corrected chi connectivity index (χ0v) is 12.6. The van der Waals surface area contributed by atoms with Crippen LogP contribution in [0.15, 0.2) is 24.4 Å². The van der Waals surface area contributed by atoms with Crippen molar-refractivity contribution in [1.29, 1.82) is 0 Å². The largest absolute Gasteiger partial charge is 0.480 e. The van der Waals surface area contributed by atoms with Crippen LogP contribution < -0.4 is 0 Å². The molecule has 2 rings (SSSR count). The third-order valence-corrected chi connectivity index (χ3v) is 3.67. The highest BCUT2D eigenvalue weighted by molar-refractivity contribution is 5.96. The maximum Gasteiger partial charge on any atom is 0.329 e. The number of carbonyl (C=O) groups is 2. The van der Waals surface area contributed by atoms with Crippen molar-refractivity contribution >= 4 is 17.5 Å². The summed E-state index contributed by atoms with van der Waals surface area (Å²) in [6.07, 6.45) is 1.65. The van der Waals surface area contributed by atoms with Crippen LogP contribution in [-0.2, 0) is 4.79 Å². The number of hydrogen-bond donors (Lipinski definition) is 1. The summed E-state index contributed by atoms with van der Waals surface area (Å²) < 4.78 is 1.81. The molecule has 0 aromatic carbocycles. The lowest BCUT2D eigenvalue weighted by Gasteiger charge is -2.33. The van der Waals surface area contributed by atoms with Crippen LogP contribution in [0.4, 0.5) is 0 Å². The average Bonchev–Trinajstić information content (AvgIpc) is 2.84. The van der Waals surface area contributed by atoms with E-state index in [1.165, 1.54) is 18.7 Å². The Morgan fingerprint density at radius 1 is 1.38 bits per heavy atom. The highest BCUT2D eigenvalue weighted by Gasteiger charge is 2.38. The minimum Gasteiger partial charge on any atom is -0.480 e. The Morgan fingerprint density at radius 2 is 2.05 bits per heavy atom. The Labute approximate surface area is 123 Å². The van der Waals surface area contributed by atoms with E-state index in [1.807, 2.05) is 29.5 Å². The average molecular weight is 289 g/mol. The second-order valence-corrected chi connectivity index (χ2v) is 5.44. The highest BCUT2D eigenvalue weighted by atomic mass is 16.4. The molecular weight excluding hydrogens is 270 g/mol. The van der Waals surface area contributed by atoms with Crippen molar-refractivity contribution < 1.29 is 14.7 Å². The first-order valence-electron chi connectivity index (χ1n) is 6.79. The number of aromatic nitrogens is 2. The van der Waals surface area contributed by atoms with Gasteiger partial charge in [-0.25, -0.2) is 9.78 Å². The molecule has 112 valence electrons. The summed E-state index contributed by atoms with van der Waals surface area (Å²) in [7, 11) is 0. The Hall–Kier alpha value is -2.37. The lowest BCUT2D eigenvalue weighted by molar-refractivity contribution is -0.147. The summed E-state index contributed by atoms with van der Waals surface area (Å²) in [6, 6.07) is 5.59. The van der Waals surface area contributed by atoms with Gasteiger partial charge in [0.05, 0.1) is 0 Å². The number of aryl methyl sites for hydroxylation is 1. The first-order chi connectivity index (χ1) is 9.78. The number of likely N-dealkylation sites (N-methyl/N-ethyl adjacent to an activating group) is 1. The summed E-state index contributed by atoms with van der Waals surface area (Å²) in [6.45, 7) is 6.99. The number of carboxylic acids is 1. The number of pyridine rings is 1. The molecule has 2 aromatic heterocycles. The van der Waals surface area contributed by atoms with E-state index >= 15 is 0 Å². The van der Waals surface area contributed by atoms with E-state index < -0.39 is 11.5 Å². The SMILES string of the molecule is CCN(C(=O)c1cn2c(C)cccc2n1)C(C)(C)C(=O)O. The van der Waals surface area contributed by atoms with Gasteiger partial charge in [-0.1, -0.05) is 6.07 Å². The lowest BCUT2D eigenvalue weighted by atomic mass is 10.0. The maximum absolute atomic E-state index is 12.6. The quantitative estimate of drug-likeness (QED) is 0.933. The van der Waals surface area contributed by atoms with E-state index in [2.05, 4.69) is 4.98 Å². The number of carbonyl (C=O) groups excluding carboxylic acids is 1. The summed E-state index contributed by atoms with van der Waals surface area (Å²) in [5.74, 6) is -1.43. The fourth-order valence-electron chi connectivity index (χ4n) is 2.30. The molecule has 0 radical (unpaired) electrons. The molecule has 0 fully saturated rings. The van der Waals surface area contributed by atoms with Crippen LogP contribution in [0.5, 0.6) is 0 Å². The number of fused-ring (bicyclic) bond motifs is 1. The molecule has 2 heterocycles. The van der Waals surface area contributed by atoms with Crippen LogP contribution in [0.3, 0.4) is 0 Å². The molecule has 0 saturated heterocycles. The van der Waals surface area contributed by atoms with Gasteiger partial charge in [0.15, 0.2) is 0 Å². The van der Waals surface area contributed by atoms with Gasteiger partial charge in [-0.05, 0) is 39.8 Å². The van der Waals surface area contributed by atoms with E-state index in [-0.39, 0.29) is 11.6 Å². The second kappa shape index (κ2) is 5.20. The third-order valence-electron chi connectivity index (χ3n) is 3.67. The van der Waals surface area contributed by atoms with E-state index in [9.17, 15) is 14.7 Å². The van der Waals surface area contributed by atoms with E-state index in [4.69, 9.17) is 0 Å². The molecular formula is C15H19N3O3. The molecule has 0 aliphatic rings. The Balaban J connectivity index is 2.45. The van der Waals surface area contributed by atoms with E-state index in [0.717, 1.165) is 5.69 Å². The molecule has 0 atom stereocenters. The lowest BCUT2D eigenvalue weighted by Crippen LogP contribution is -2.53. The van der Waals surface area contributed by atoms with Crippen molar-refractivity contribution in [1.82, 2.24) is 14.3 Å². The van der Waals surface area contributed by atoms with Crippen LogP contribution in [-0.4, -0.2) is 43.4 Å². The predicted octanol–water partition coefficient (Wildman–Crippen LogP) is 1.97. The molecule has 6 heteroatoms. The third kappa shape index (κ3) is 2.49. The van der Waals surface area contributed by atoms with Gasteiger partial charge in [0.1, 0.15) is 16.9 Å². The van der Waals surface area contributed by atoms with Gasteiger partial charge in [0.2, 0.25) is 0 Å². The van der Waals surface area contributed by atoms with Crippen molar-refractivity contribution in [2.24, 2.45) is 0 Å². The number of amides is 1. The first-order valence-corrected chi connectivity index (χ1v) is 6.79. The van der Waals surface area contributed by atoms with Crippen molar-refractivity contribution in [3.63, 3.8) is 0 Å². The number of aliphatic carboxylic acids is 1. The Bertz CT molecular complexity index is 703. The number of nitrogens with zero attached hydrogens (tertiary/aromatic N) is 3. The van der Waals surface area contributed by atoms with Gasteiger partial charge >= 0.3 is 5.97 Å². The van der Waals surface area contributed by atoms with Gasteiger partial charge in [0, 0.05) is 18.4 Å². The molecule has 21 heavy (non-hydrogen) atoms. The minimum atomic E-state index is -1.28. The fourth-order valence-corrected chi connectivity index (χ4v) is 2.30. The van der Waals surface area contributed by atoms with E-state index in [0.29, 0.717) is 12.2 Å². The van der Waals surface area contributed by atoms with Crippen molar-refractivity contribution in [2.75, 3.05) is 6.54 Å². The number of hydrogen-bond acceptors (Lipinski definition) is 3. The molecule has 0 aliphatic carbocycles. The first kappa shape index (κ1) is 15.0. The predicted molar refractivity (Wildman–Crippen MR) is 78.4 cm³/mol. The van der Waals surface area contributed by atoms with Crippen molar-refractivity contribution in [2.45, 2.75) is 33.2 Å². The van der Waals surface area contributed by atoms with Crippen LogP contribution in [0.2, 0.25) is 0 Å². The smallest absolute Gasteiger partial charge is 0.329 e. The Morgan fingerprint density at radius 3 is 2.57 bits per heavy atom. The summed E-state index contributed by atoms with van der Waals surface area (Å²) in [5.41, 5.74) is 0.596. The van der Waals surface area contributed by atoms with Crippen molar-refractivity contribution in [3.8, 4) is 0 Å². The van der Waals surface area contributed by atoms with Crippen LogP contribution in [0.1, 0.15) is 37.0 Å². The highest BCUT2D eigenvalue weighted by Crippen LogP contribution is 2.19. The molecule has 0 spiro atoms. The molecule has 1 amide bonds. The van der Waals surface area contributed by atoms with E-state index in [1.54, 1.807) is 13.1 Å². The molecule has 0 saturated carbocycles. The number of carboxylic acid groups (broad SMARTS) is 1. The van der Waals surface area contributed by atoms with Crippen LogP contribution in [0, 0.1) is 6.92 Å². The van der Waals surface area contributed by atoms with Gasteiger partial charge in [-0.3, -0.25) is 4.79 Å². The molecule has 0 bridgehead atoms. The van der Waals surface area contributed by atoms with Gasteiger partial charge in [-0.15, -0.1) is 0 Å². The zero-order chi connectivity index (χ0) is 15.8. The normalized spacial score (nSPS) is 11.6. The maximum atomic E-state index is 12.6. The molecule has 1 N–H and O–H groups in total. The summed E-state index contributed by atoms with van der Waals surface area (Å²) >= 11 is 0. The fraction of sp³-hybridized carbons (Fsp3) is 0.400. The second-order valence-electron chi connectivity index (χ2n) is 5.44. The summed E-state index contributed by atoms with van der Waals surface area (Å²) in [5, 5.41) is 9.30.